The Labute approximate surface area is 74.5 Å². The normalized spacial score (nSPS) is 43.3. The third-order valence-corrected chi connectivity index (χ3v) is 4.40. The molecule has 0 aromatic carbocycles. The third kappa shape index (κ3) is 0.949. The van der Waals surface area contributed by atoms with E-state index in [0.717, 1.165) is 24.5 Å². The summed E-state index contributed by atoms with van der Waals surface area (Å²) in [6.45, 7) is 4.70. The molecule has 2 rings (SSSR count). The van der Waals surface area contributed by atoms with E-state index >= 15 is 0 Å². The van der Waals surface area contributed by atoms with E-state index in [0.29, 0.717) is 11.3 Å². The maximum atomic E-state index is 10.5. The molecule has 3 atom stereocenters. The van der Waals surface area contributed by atoms with Gasteiger partial charge in [0.25, 0.3) is 0 Å². The first-order chi connectivity index (χ1) is 5.66. The molecule has 2 saturated carbocycles. The molecule has 0 aromatic rings. The van der Waals surface area contributed by atoms with Crippen molar-refractivity contribution >= 4 is 6.29 Å². The number of hydrogen-bond acceptors (Lipinski definition) is 1. The molecule has 0 N–H and O–H groups in total. The van der Waals surface area contributed by atoms with Crippen molar-refractivity contribution in [2.75, 3.05) is 0 Å². The minimum atomic E-state index is 0.448. The van der Waals surface area contributed by atoms with Crippen molar-refractivity contribution < 1.29 is 4.79 Å². The predicted octanol–water partition coefficient (Wildman–Crippen LogP) is 2.65. The van der Waals surface area contributed by atoms with Crippen molar-refractivity contribution in [3.8, 4) is 0 Å². The highest BCUT2D eigenvalue weighted by molar-refractivity contribution is 5.50. The average Bonchev–Trinajstić information content (AvgIpc) is 2.53. The summed E-state index contributed by atoms with van der Waals surface area (Å²) in [7, 11) is 0. The van der Waals surface area contributed by atoms with Crippen LogP contribution in [-0.4, -0.2) is 6.29 Å². The van der Waals surface area contributed by atoms with Gasteiger partial charge in [-0.15, -0.1) is 0 Å². The first kappa shape index (κ1) is 8.28. The molecule has 12 heavy (non-hydrogen) atoms. The zero-order valence-electron chi connectivity index (χ0n) is 8.05. The summed E-state index contributed by atoms with van der Waals surface area (Å²) >= 11 is 0. The Kier molecular flexibility index (Phi) is 1.78. The van der Waals surface area contributed by atoms with Gasteiger partial charge in [0.2, 0.25) is 0 Å². The molecule has 1 nitrogen and oxygen atoms in total. The van der Waals surface area contributed by atoms with E-state index in [1.807, 2.05) is 0 Å². The summed E-state index contributed by atoms with van der Waals surface area (Å²) in [5.74, 6) is 2.47. The fourth-order valence-electron chi connectivity index (χ4n) is 3.57. The van der Waals surface area contributed by atoms with Gasteiger partial charge in [-0.05, 0) is 42.4 Å². The summed E-state index contributed by atoms with van der Waals surface area (Å²) in [4.78, 5) is 10.5. The maximum Gasteiger partial charge on any atom is 0.120 e. The lowest BCUT2D eigenvalue weighted by molar-refractivity contribution is -0.110. The smallest absolute Gasteiger partial charge is 0.120 e. The fourth-order valence-corrected chi connectivity index (χ4v) is 3.57. The van der Waals surface area contributed by atoms with Gasteiger partial charge in [-0.2, -0.15) is 0 Å². The monoisotopic (exact) mass is 166 g/mol. The van der Waals surface area contributed by atoms with Crippen molar-refractivity contribution in [1.82, 2.24) is 0 Å². The topological polar surface area (TPSA) is 17.1 Å². The molecule has 0 spiro atoms. The Morgan fingerprint density at radius 2 is 2.17 bits per heavy atom. The maximum absolute atomic E-state index is 10.5. The predicted molar refractivity (Wildman–Crippen MR) is 48.8 cm³/mol. The molecule has 2 fully saturated rings. The van der Waals surface area contributed by atoms with Gasteiger partial charge in [0.1, 0.15) is 6.29 Å². The van der Waals surface area contributed by atoms with Crippen molar-refractivity contribution in [2.24, 2.45) is 23.2 Å². The molecule has 0 saturated heterocycles. The van der Waals surface area contributed by atoms with Crippen molar-refractivity contribution in [3.63, 3.8) is 0 Å². The Morgan fingerprint density at radius 1 is 1.42 bits per heavy atom. The summed E-state index contributed by atoms with van der Waals surface area (Å²) in [5.41, 5.74) is 0.448. The highest BCUT2D eigenvalue weighted by Crippen LogP contribution is 2.59. The molecule has 0 aromatic heterocycles. The molecule has 2 aliphatic carbocycles. The van der Waals surface area contributed by atoms with E-state index in [1.165, 1.54) is 19.3 Å². The Morgan fingerprint density at radius 3 is 2.67 bits per heavy atom. The van der Waals surface area contributed by atoms with Crippen LogP contribution in [0.2, 0.25) is 0 Å². The van der Waals surface area contributed by atoms with E-state index < -0.39 is 0 Å². The summed E-state index contributed by atoms with van der Waals surface area (Å²) in [6.07, 6.45) is 6.10. The first-order valence-corrected chi connectivity index (χ1v) is 5.10. The number of carbonyl (C=O) groups is 1. The average molecular weight is 166 g/mol. The van der Waals surface area contributed by atoms with Crippen molar-refractivity contribution in [3.05, 3.63) is 0 Å². The fraction of sp³-hybridized carbons (Fsp3) is 0.909. The van der Waals surface area contributed by atoms with Crippen molar-refractivity contribution in [2.45, 2.75) is 39.5 Å². The van der Waals surface area contributed by atoms with Crippen LogP contribution in [-0.2, 0) is 4.79 Å². The van der Waals surface area contributed by atoms with Crippen molar-refractivity contribution in [1.29, 1.82) is 0 Å². The van der Waals surface area contributed by atoms with E-state index in [4.69, 9.17) is 0 Å². The zero-order valence-corrected chi connectivity index (χ0v) is 8.05. The van der Waals surface area contributed by atoms with Gasteiger partial charge in [-0.1, -0.05) is 13.8 Å². The number of fused-ring (bicyclic) bond motifs is 2. The summed E-state index contributed by atoms with van der Waals surface area (Å²) in [5, 5.41) is 0. The standard InChI is InChI=1S/C11H18O/c1-11(2)9-4-3-8(7-9)10(11)5-6-12/h6,8-10H,3-5,7H2,1-2H3/t8-,9+,10+/m0/s1. The summed E-state index contributed by atoms with van der Waals surface area (Å²) < 4.78 is 0. The van der Waals surface area contributed by atoms with Crippen LogP contribution in [0.3, 0.4) is 0 Å². The SMILES string of the molecule is CC1(C)[C@@H]2CC[C@@H](C2)[C@H]1CC=O. The van der Waals surface area contributed by atoms with Gasteiger partial charge in [-0.3, -0.25) is 0 Å². The lowest BCUT2D eigenvalue weighted by Gasteiger charge is -2.37. The number of hydrogen-bond donors (Lipinski definition) is 0. The van der Waals surface area contributed by atoms with Gasteiger partial charge in [-0.25, -0.2) is 0 Å². The molecule has 0 aliphatic heterocycles. The highest BCUT2D eigenvalue weighted by atomic mass is 16.1. The molecule has 0 amide bonds. The van der Waals surface area contributed by atoms with Crippen LogP contribution in [0.1, 0.15) is 39.5 Å². The second-order valence-electron chi connectivity index (χ2n) is 5.10. The van der Waals surface area contributed by atoms with Crippen LogP contribution in [0.5, 0.6) is 0 Å². The van der Waals surface area contributed by atoms with Crippen LogP contribution in [0, 0.1) is 23.2 Å². The molecular weight excluding hydrogens is 148 g/mol. The lowest BCUT2D eigenvalue weighted by atomic mass is 9.68. The second-order valence-corrected chi connectivity index (χ2v) is 5.10. The lowest BCUT2D eigenvalue weighted by Crippen LogP contribution is -2.30. The Balaban J connectivity index is 2.17. The molecule has 2 bridgehead atoms. The van der Waals surface area contributed by atoms with Crippen LogP contribution in [0.25, 0.3) is 0 Å². The summed E-state index contributed by atoms with van der Waals surface area (Å²) in [6, 6.07) is 0. The molecule has 0 heterocycles. The Hall–Kier alpha value is -0.330. The second kappa shape index (κ2) is 2.58. The van der Waals surface area contributed by atoms with E-state index in [1.54, 1.807) is 0 Å². The Bertz CT molecular complexity index is 195. The van der Waals surface area contributed by atoms with Gasteiger partial charge >= 0.3 is 0 Å². The van der Waals surface area contributed by atoms with Crippen LogP contribution >= 0.6 is 0 Å². The minimum absolute atomic E-state index is 0.448. The molecule has 0 unspecified atom stereocenters. The molecule has 2 aliphatic rings. The number of aldehydes is 1. The van der Waals surface area contributed by atoms with Crippen LogP contribution < -0.4 is 0 Å². The molecule has 68 valence electrons. The van der Waals surface area contributed by atoms with Gasteiger partial charge in [0.05, 0.1) is 0 Å². The zero-order chi connectivity index (χ0) is 8.77. The van der Waals surface area contributed by atoms with E-state index in [9.17, 15) is 4.79 Å². The van der Waals surface area contributed by atoms with E-state index in [2.05, 4.69) is 13.8 Å². The minimum Gasteiger partial charge on any atom is -0.303 e. The van der Waals surface area contributed by atoms with Gasteiger partial charge in [0, 0.05) is 6.42 Å². The first-order valence-electron chi connectivity index (χ1n) is 5.10. The third-order valence-electron chi connectivity index (χ3n) is 4.40. The molecule has 0 radical (unpaired) electrons. The van der Waals surface area contributed by atoms with Crippen LogP contribution in [0.15, 0.2) is 0 Å². The molecular formula is C11H18O. The largest absolute Gasteiger partial charge is 0.303 e. The molecule has 1 heteroatoms. The van der Waals surface area contributed by atoms with Gasteiger partial charge < -0.3 is 4.79 Å². The van der Waals surface area contributed by atoms with Gasteiger partial charge in [0.15, 0.2) is 0 Å². The quantitative estimate of drug-likeness (QED) is 0.576. The number of carbonyl (C=O) groups excluding carboxylic acids is 1. The number of rotatable bonds is 2. The van der Waals surface area contributed by atoms with Crippen LogP contribution in [0.4, 0.5) is 0 Å². The van der Waals surface area contributed by atoms with E-state index in [-0.39, 0.29) is 0 Å². The highest BCUT2D eigenvalue weighted by Gasteiger charge is 2.51.